The van der Waals surface area contributed by atoms with Crippen LogP contribution in [0.3, 0.4) is 0 Å². The average molecular weight is 352 g/mol. The molecule has 2 heteroatoms. The van der Waals surface area contributed by atoms with Crippen molar-refractivity contribution in [1.82, 2.24) is 0 Å². The Morgan fingerprint density at radius 1 is 0.923 bits per heavy atom. The van der Waals surface area contributed by atoms with Gasteiger partial charge in [-0.25, -0.2) is 0 Å². The van der Waals surface area contributed by atoms with Gasteiger partial charge in [0.1, 0.15) is 0 Å². The first-order chi connectivity index (χ1) is 12.3. The van der Waals surface area contributed by atoms with Crippen molar-refractivity contribution >= 4 is 5.69 Å². The zero-order valence-electron chi connectivity index (χ0n) is 17.2. The van der Waals surface area contributed by atoms with Crippen LogP contribution in [0.25, 0.3) is 0 Å². The molecule has 2 aromatic carbocycles. The molecule has 1 aliphatic heterocycles. The Kier molecular flexibility index (Phi) is 5.72. The molecule has 0 aromatic heterocycles. The fraction of sp³-hybridized carbons (Fsp3) is 0.500. The summed E-state index contributed by atoms with van der Waals surface area (Å²) >= 11 is 0. The number of aryl methyl sites for hydroxylation is 5. The quantitative estimate of drug-likeness (QED) is 0.731. The Bertz CT molecular complexity index is 750. The minimum absolute atomic E-state index is 0.264. The van der Waals surface area contributed by atoms with Crippen LogP contribution in [-0.4, -0.2) is 24.8 Å². The molecule has 26 heavy (non-hydrogen) atoms. The van der Waals surface area contributed by atoms with Crippen molar-refractivity contribution in [3.8, 4) is 0 Å². The van der Waals surface area contributed by atoms with Crippen molar-refractivity contribution < 1.29 is 4.74 Å². The van der Waals surface area contributed by atoms with E-state index in [0.29, 0.717) is 6.04 Å². The standard InChI is InChI=1S/C24H33NO/c1-16-7-9-22(10-8-16)11-12-23-13-18(3)24(14-17(23)2)25-15-19(4)26-21(6)20(25)5/h7-10,13-14,19-21H,11-12,15H2,1-6H3/t19-,20?,21+/m0/s1. The normalized spacial score (nSPS) is 23.3. The highest BCUT2D eigenvalue weighted by molar-refractivity contribution is 5.58. The molecule has 3 atom stereocenters. The van der Waals surface area contributed by atoms with Gasteiger partial charge in [-0.2, -0.15) is 0 Å². The minimum Gasteiger partial charge on any atom is -0.372 e. The van der Waals surface area contributed by atoms with Crippen LogP contribution in [0.2, 0.25) is 0 Å². The van der Waals surface area contributed by atoms with Crippen LogP contribution in [0.5, 0.6) is 0 Å². The third kappa shape index (κ3) is 4.12. The summed E-state index contributed by atoms with van der Waals surface area (Å²) in [5.74, 6) is 0. The fourth-order valence-electron chi connectivity index (χ4n) is 4.01. The zero-order chi connectivity index (χ0) is 18.8. The van der Waals surface area contributed by atoms with E-state index in [9.17, 15) is 0 Å². The van der Waals surface area contributed by atoms with E-state index in [1.165, 1.54) is 33.5 Å². The lowest BCUT2D eigenvalue weighted by Gasteiger charge is -2.43. The van der Waals surface area contributed by atoms with Crippen LogP contribution in [0, 0.1) is 20.8 Å². The highest BCUT2D eigenvalue weighted by Crippen LogP contribution is 2.30. The number of rotatable bonds is 4. The lowest BCUT2D eigenvalue weighted by Crippen LogP contribution is -2.52. The number of hydrogen-bond acceptors (Lipinski definition) is 2. The van der Waals surface area contributed by atoms with Crippen LogP contribution < -0.4 is 4.90 Å². The highest BCUT2D eigenvalue weighted by atomic mass is 16.5. The molecule has 1 unspecified atom stereocenters. The maximum Gasteiger partial charge on any atom is 0.0751 e. The molecule has 1 aliphatic rings. The predicted octanol–water partition coefficient (Wildman–Crippen LogP) is 5.40. The van der Waals surface area contributed by atoms with Gasteiger partial charge >= 0.3 is 0 Å². The first-order valence-electron chi connectivity index (χ1n) is 9.93. The SMILES string of the molecule is Cc1ccc(CCc2cc(C)c(N3C[C@H](C)O[C@H](C)C3C)cc2C)cc1. The van der Waals surface area contributed by atoms with Crippen LogP contribution >= 0.6 is 0 Å². The largest absolute Gasteiger partial charge is 0.372 e. The van der Waals surface area contributed by atoms with Gasteiger partial charge in [-0.3, -0.25) is 0 Å². The van der Waals surface area contributed by atoms with Crippen molar-refractivity contribution in [1.29, 1.82) is 0 Å². The summed E-state index contributed by atoms with van der Waals surface area (Å²) in [6, 6.07) is 14.1. The van der Waals surface area contributed by atoms with Crippen LogP contribution in [0.1, 0.15) is 48.6 Å². The van der Waals surface area contributed by atoms with Gasteiger partial charge < -0.3 is 9.64 Å². The summed E-state index contributed by atoms with van der Waals surface area (Å²) in [6.07, 6.45) is 2.74. The van der Waals surface area contributed by atoms with Crippen molar-refractivity contribution in [3.63, 3.8) is 0 Å². The summed E-state index contributed by atoms with van der Waals surface area (Å²) in [4.78, 5) is 2.53. The summed E-state index contributed by atoms with van der Waals surface area (Å²) in [7, 11) is 0. The molecular weight excluding hydrogens is 318 g/mol. The van der Waals surface area contributed by atoms with Crippen molar-refractivity contribution in [3.05, 3.63) is 64.2 Å². The van der Waals surface area contributed by atoms with E-state index in [-0.39, 0.29) is 12.2 Å². The molecule has 0 bridgehead atoms. The number of ether oxygens (including phenoxy) is 1. The topological polar surface area (TPSA) is 12.5 Å². The molecule has 2 nitrogen and oxygen atoms in total. The second-order valence-corrected chi connectivity index (χ2v) is 8.10. The predicted molar refractivity (Wildman–Crippen MR) is 111 cm³/mol. The van der Waals surface area contributed by atoms with Crippen LogP contribution in [-0.2, 0) is 17.6 Å². The summed E-state index contributed by atoms with van der Waals surface area (Å²) < 4.78 is 6.00. The van der Waals surface area contributed by atoms with Gasteiger partial charge in [0.2, 0.25) is 0 Å². The molecule has 1 heterocycles. The third-order valence-corrected chi connectivity index (χ3v) is 5.84. The molecular formula is C24H33NO. The van der Waals surface area contributed by atoms with Gasteiger partial charge in [0.15, 0.2) is 0 Å². The van der Waals surface area contributed by atoms with E-state index in [1.54, 1.807) is 0 Å². The Labute approximate surface area is 159 Å². The van der Waals surface area contributed by atoms with E-state index >= 15 is 0 Å². The van der Waals surface area contributed by atoms with E-state index in [1.807, 2.05) is 0 Å². The second kappa shape index (κ2) is 7.84. The Balaban J connectivity index is 1.78. The van der Waals surface area contributed by atoms with Crippen molar-refractivity contribution in [2.24, 2.45) is 0 Å². The lowest BCUT2D eigenvalue weighted by molar-refractivity contribution is -0.0258. The first-order valence-corrected chi connectivity index (χ1v) is 9.93. The molecule has 1 saturated heterocycles. The molecule has 0 aliphatic carbocycles. The van der Waals surface area contributed by atoms with Gasteiger partial charge in [-0.05, 0) is 82.7 Å². The van der Waals surface area contributed by atoms with Crippen molar-refractivity contribution in [2.75, 3.05) is 11.4 Å². The Morgan fingerprint density at radius 3 is 2.31 bits per heavy atom. The van der Waals surface area contributed by atoms with Crippen LogP contribution in [0.4, 0.5) is 5.69 Å². The third-order valence-electron chi connectivity index (χ3n) is 5.84. The zero-order valence-corrected chi connectivity index (χ0v) is 17.2. The number of hydrogen-bond donors (Lipinski definition) is 0. The second-order valence-electron chi connectivity index (χ2n) is 8.10. The Hall–Kier alpha value is -1.80. The van der Waals surface area contributed by atoms with E-state index in [2.05, 4.69) is 82.8 Å². The maximum atomic E-state index is 6.00. The number of nitrogens with zero attached hydrogens (tertiary/aromatic N) is 1. The van der Waals surface area contributed by atoms with Crippen molar-refractivity contribution in [2.45, 2.75) is 72.6 Å². The monoisotopic (exact) mass is 351 g/mol. The van der Waals surface area contributed by atoms with E-state index in [4.69, 9.17) is 4.74 Å². The number of morpholine rings is 1. The number of benzene rings is 2. The minimum atomic E-state index is 0.264. The molecule has 0 saturated carbocycles. The van der Waals surface area contributed by atoms with Gasteiger partial charge in [-0.15, -0.1) is 0 Å². The molecule has 3 rings (SSSR count). The fourth-order valence-corrected chi connectivity index (χ4v) is 4.01. The molecule has 2 aromatic rings. The average Bonchev–Trinajstić information content (AvgIpc) is 2.60. The number of anilines is 1. The molecule has 140 valence electrons. The van der Waals surface area contributed by atoms with Gasteiger partial charge in [0.25, 0.3) is 0 Å². The summed E-state index contributed by atoms with van der Waals surface area (Å²) in [6.45, 7) is 14.3. The van der Waals surface area contributed by atoms with Gasteiger partial charge in [0, 0.05) is 12.2 Å². The first kappa shape index (κ1) is 19.0. The molecule has 1 fully saturated rings. The molecule has 0 radical (unpaired) electrons. The van der Waals surface area contributed by atoms with Crippen LogP contribution in [0.15, 0.2) is 36.4 Å². The summed E-state index contributed by atoms with van der Waals surface area (Å²) in [5.41, 5.74) is 8.36. The lowest BCUT2D eigenvalue weighted by atomic mass is 9.96. The maximum absolute atomic E-state index is 6.00. The molecule has 0 N–H and O–H groups in total. The van der Waals surface area contributed by atoms with E-state index < -0.39 is 0 Å². The molecule has 0 amide bonds. The Morgan fingerprint density at radius 2 is 1.62 bits per heavy atom. The molecule has 0 spiro atoms. The van der Waals surface area contributed by atoms with Gasteiger partial charge in [0.05, 0.1) is 18.2 Å². The van der Waals surface area contributed by atoms with Gasteiger partial charge in [-0.1, -0.05) is 35.9 Å². The highest BCUT2D eigenvalue weighted by Gasteiger charge is 2.30. The summed E-state index contributed by atoms with van der Waals surface area (Å²) in [5, 5.41) is 0. The smallest absolute Gasteiger partial charge is 0.0751 e. The van der Waals surface area contributed by atoms with E-state index in [0.717, 1.165) is 19.4 Å².